The minimum atomic E-state index is -4.48. The highest BCUT2D eigenvalue weighted by molar-refractivity contribution is 5.94. The smallest absolute Gasteiger partial charge is 0.416 e. The molecule has 1 amide bonds. The molecule has 0 radical (unpaired) electrons. The summed E-state index contributed by atoms with van der Waals surface area (Å²) in [6.07, 6.45) is -4.48. The number of anilines is 1. The first-order chi connectivity index (χ1) is 11.3. The molecular weight excluding hydrogens is 326 g/mol. The highest BCUT2D eigenvalue weighted by Gasteiger charge is 2.30. The van der Waals surface area contributed by atoms with Crippen LogP contribution in [0.1, 0.15) is 12.5 Å². The Morgan fingerprint density at radius 3 is 2.38 bits per heavy atom. The second-order valence-electron chi connectivity index (χ2n) is 4.93. The number of carbonyl (C=O) groups excluding carboxylic acids is 1. The molecule has 0 aromatic heterocycles. The average molecular weight is 341 g/mol. The molecule has 128 valence electrons. The van der Waals surface area contributed by atoms with Crippen molar-refractivity contribution in [3.8, 4) is 5.75 Å². The van der Waals surface area contributed by atoms with E-state index in [-0.39, 0.29) is 5.75 Å². The van der Waals surface area contributed by atoms with Crippen LogP contribution in [0.5, 0.6) is 5.75 Å². The summed E-state index contributed by atoms with van der Waals surface area (Å²) in [6.45, 7) is 1.62. The molecule has 0 atom stereocenters. The van der Waals surface area contributed by atoms with Crippen LogP contribution >= 0.6 is 0 Å². The molecule has 0 aliphatic rings. The van der Waals surface area contributed by atoms with Crippen molar-refractivity contribution >= 4 is 11.6 Å². The number of hydrogen-bond donors (Lipinski definition) is 0. The van der Waals surface area contributed by atoms with Crippen molar-refractivity contribution in [3.63, 3.8) is 0 Å². The number of halogens is 4. The van der Waals surface area contributed by atoms with Gasteiger partial charge in [0, 0.05) is 12.2 Å². The van der Waals surface area contributed by atoms with Gasteiger partial charge in [0.05, 0.1) is 5.56 Å². The normalized spacial score (nSPS) is 11.2. The van der Waals surface area contributed by atoms with Gasteiger partial charge in [-0.1, -0.05) is 6.07 Å². The van der Waals surface area contributed by atoms with Crippen molar-refractivity contribution in [2.45, 2.75) is 13.1 Å². The van der Waals surface area contributed by atoms with Crippen molar-refractivity contribution in [1.82, 2.24) is 0 Å². The molecule has 0 bridgehead atoms. The Kier molecular flexibility index (Phi) is 5.43. The maximum atomic E-state index is 12.9. The van der Waals surface area contributed by atoms with E-state index in [1.54, 1.807) is 6.92 Å². The van der Waals surface area contributed by atoms with E-state index in [4.69, 9.17) is 4.74 Å². The van der Waals surface area contributed by atoms with Crippen molar-refractivity contribution in [1.29, 1.82) is 0 Å². The summed E-state index contributed by atoms with van der Waals surface area (Å²) < 4.78 is 56.0. The van der Waals surface area contributed by atoms with Gasteiger partial charge in [-0.25, -0.2) is 4.39 Å². The highest BCUT2D eigenvalue weighted by atomic mass is 19.4. The number of hydrogen-bond acceptors (Lipinski definition) is 2. The van der Waals surface area contributed by atoms with Crippen LogP contribution in [0.2, 0.25) is 0 Å². The Morgan fingerprint density at radius 2 is 1.79 bits per heavy atom. The van der Waals surface area contributed by atoms with E-state index in [0.717, 1.165) is 12.1 Å². The zero-order valence-electron chi connectivity index (χ0n) is 12.8. The Hall–Kier alpha value is -2.57. The molecule has 0 heterocycles. The average Bonchev–Trinajstić information content (AvgIpc) is 2.55. The van der Waals surface area contributed by atoms with Crippen LogP contribution in [0, 0.1) is 5.82 Å². The first-order valence-corrected chi connectivity index (χ1v) is 7.17. The lowest BCUT2D eigenvalue weighted by Gasteiger charge is -2.21. The molecule has 3 nitrogen and oxygen atoms in total. The van der Waals surface area contributed by atoms with Crippen LogP contribution in [-0.4, -0.2) is 19.1 Å². The van der Waals surface area contributed by atoms with Crippen LogP contribution in [0.3, 0.4) is 0 Å². The third-order valence-corrected chi connectivity index (χ3v) is 3.28. The van der Waals surface area contributed by atoms with E-state index in [2.05, 4.69) is 0 Å². The molecule has 7 heteroatoms. The monoisotopic (exact) mass is 341 g/mol. The number of alkyl halides is 3. The predicted octanol–water partition coefficient (Wildman–Crippen LogP) is 4.28. The summed E-state index contributed by atoms with van der Waals surface area (Å²) in [5.74, 6) is -0.919. The fourth-order valence-corrected chi connectivity index (χ4v) is 2.11. The highest BCUT2D eigenvalue weighted by Crippen LogP contribution is 2.31. The molecule has 24 heavy (non-hydrogen) atoms. The van der Waals surface area contributed by atoms with Crippen LogP contribution in [0.4, 0.5) is 23.2 Å². The lowest BCUT2D eigenvalue weighted by Crippen LogP contribution is -2.34. The molecule has 2 aromatic carbocycles. The third kappa shape index (κ3) is 4.47. The van der Waals surface area contributed by atoms with Crippen LogP contribution in [0.15, 0.2) is 48.5 Å². The quantitative estimate of drug-likeness (QED) is 0.760. The van der Waals surface area contributed by atoms with Crippen LogP contribution in [-0.2, 0) is 11.0 Å². The van der Waals surface area contributed by atoms with Gasteiger partial charge in [-0.15, -0.1) is 0 Å². The number of carbonyl (C=O) groups is 1. The number of amides is 1. The summed E-state index contributed by atoms with van der Waals surface area (Å²) in [7, 11) is 0. The van der Waals surface area contributed by atoms with Gasteiger partial charge in [0.15, 0.2) is 6.61 Å². The van der Waals surface area contributed by atoms with E-state index in [1.807, 2.05) is 0 Å². The predicted molar refractivity (Wildman–Crippen MR) is 81.4 cm³/mol. The minimum absolute atomic E-state index is 0.0478. The fraction of sp³-hybridized carbons (Fsp3) is 0.235. The topological polar surface area (TPSA) is 29.5 Å². The van der Waals surface area contributed by atoms with Crippen molar-refractivity contribution in [2.75, 3.05) is 18.1 Å². The maximum absolute atomic E-state index is 12.9. The molecule has 0 aliphatic heterocycles. The molecule has 2 rings (SSSR count). The first kappa shape index (κ1) is 17.8. The van der Waals surface area contributed by atoms with Gasteiger partial charge < -0.3 is 9.64 Å². The number of rotatable bonds is 5. The van der Waals surface area contributed by atoms with E-state index in [9.17, 15) is 22.4 Å². The molecule has 0 spiro atoms. The Morgan fingerprint density at radius 1 is 1.12 bits per heavy atom. The number of nitrogens with zero attached hydrogens (tertiary/aromatic N) is 1. The molecular formula is C17H15F4NO2. The largest absolute Gasteiger partial charge is 0.484 e. The second-order valence-corrected chi connectivity index (χ2v) is 4.93. The number of benzene rings is 2. The minimum Gasteiger partial charge on any atom is -0.484 e. The summed E-state index contributed by atoms with van der Waals surface area (Å²) >= 11 is 0. The van der Waals surface area contributed by atoms with Gasteiger partial charge in [-0.05, 0) is 49.4 Å². The van der Waals surface area contributed by atoms with E-state index >= 15 is 0 Å². The summed E-state index contributed by atoms with van der Waals surface area (Å²) in [6, 6.07) is 9.64. The number of ether oxygens (including phenoxy) is 1. The standard InChI is InChI=1S/C17H15F4NO2/c1-2-22(14-8-6-13(18)7-9-14)16(23)11-24-15-5-3-4-12(10-15)17(19,20)21/h3-10H,2,11H2,1H3. The zero-order valence-corrected chi connectivity index (χ0v) is 12.8. The van der Waals surface area contributed by atoms with E-state index < -0.39 is 30.1 Å². The molecule has 0 saturated carbocycles. The van der Waals surface area contributed by atoms with Crippen LogP contribution in [0.25, 0.3) is 0 Å². The van der Waals surface area contributed by atoms with Gasteiger partial charge in [0.25, 0.3) is 5.91 Å². The Labute approximate surface area is 136 Å². The SMILES string of the molecule is CCN(C(=O)COc1cccc(C(F)(F)F)c1)c1ccc(F)cc1. The van der Waals surface area contributed by atoms with Gasteiger partial charge in [-0.2, -0.15) is 13.2 Å². The second kappa shape index (κ2) is 7.33. The summed E-state index contributed by atoms with van der Waals surface area (Å²) in [5.41, 5.74) is -0.366. The van der Waals surface area contributed by atoms with Gasteiger partial charge in [-0.3, -0.25) is 4.79 Å². The Balaban J connectivity index is 2.05. The first-order valence-electron chi connectivity index (χ1n) is 7.17. The van der Waals surface area contributed by atoms with Crippen molar-refractivity contribution < 1.29 is 27.1 Å². The van der Waals surface area contributed by atoms with Crippen LogP contribution < -0.4 is 9.64 Å². The molecule has 0 aliphatic carbocycles. The maximum Gasteiger partial charge on any atom is 0.416 e. The molecule has 0 N–H and O–H groups in total. The van der Waals surface area contributed by atoms with Gasteiger partial charge >= 0.3 is 6.18 Å². The lowest BCUT2D eigenvalue weighted by molar-refractivity contribution is -0.137. The van der Waals surface area contributed by atoms with Gasteiger partial charge in [0.2, 0.25) is 0 Å². The van der Waals surface area contributed by atoms with E-state index in [0.29, 0.717) is 12.2 Å². The zero-order chi connectivity index (χ0) is 17.7. The van der Waals surface area contributed by atoms with Crippen molar-refractivity contribution in [3.05, 3.63) is 59.9 Å². The van der Waals surface area contributed by atoms with Gasteiger partial charge in [0.1, 0.15) is 11.6 Å². The number of likely N-dealkylation sites (N-methyl/N-ethyl adjacent to an activating group) is 1. The van der Waals surface area contributed by atoms with Crippen molar-refractivity contribution in [2.24, 2.45) is 0 Å². The molecule has 0 saturated heterocycles. The molecule has 0 unspecified atom stereocenters. The summed E-state index contributed by atoms with van der Waals surface area (Å²) in [5, 5.41) is 0. The molecule has 2 aromatic rings. The Bertz CT molecular complexity index is 698. The lowest BCUT2D eigenvalue weighted by atomic mass is 10.2. The van der Waals surface area contributed by atoms with E-state index in [1.165, 1.54) is 41.3 Å². The third-order valence-electron chi connectivity index (χ3n) is 3.28. The fourth-order valence-electron chi connectivity index (χ4n) is 2.11. The molecule has 0 fully saturated rings. The summed E-state index contributed by atoms with van der Waals surface area (Å²) in [4.78, 5) is 13.6.